The van der Waals surface area contributed by atoms with E-state index in [1.54, 1.807) is 0 Å². The summed E-state index contributed by atoms with van der Waals surface area (Å²) in [6, 6.07) is 2.01. The third kappa shape index (κ3) is 4.02. The Morgan fingerprint density at radius 3 is 2.64 bits per heavy atom. The molecular weight excluding hydrogens is 360 g/mol. The first-order valence-electron chi connectivity index (χ1n) is 4.11. The van der Waals surface area contributed by atoms with Crippen LogP contribution in [0.1, 0.15) is 20.8 Å². The number of ether oxygens (including phenoxy) is 1. The summed E-state index contributed by atoms with van der Waals surface area (Å²) >= 11 is 2.45. The minimum absolute atomic E-state index is 0.243. The number of hydrogen-bond donors (Lipinski definition) is 1. The number of anilines is 1. The Labute approximate surface area is 103 Å². The van der Waals surface area contributed by atoms with Crippen LogP contribution in [-0.2, 0) is 4.74 Å². The summed E-state index contributed by atoms with van der Waals surface area (Å²) in [4.78, 5) is 13.4. The molecule has 0 saturated carbocycles. The van der Waals surface area contributed by atoms with Crippen molar-refractivity contribution in [3.8, 4) is 0 Å². The van der Waals surface area contributed by atoms with Gasteiger partial charge in [0.2, 0.25) is 0 Å². The van der Waals surface area contributed by atoms with E-state index in [-0.39, 0.29) is 20.6 Å². The van der Waals surface area contributed by atoms with Gasteiger partial charge in [0.15, 0.2) is 0 Å². The van der Waals surface area contributed by atoms with Crippen LogP contribution in [0.25, 0.3) is 0 Å². The third-order valence-electron chi connectivity index (χ3n) is 1.23. The summed E-state index contributed by atoms with van der Waals surface area (Å²) in [7, 11) is 0. The number of carbonyl (C=O) groups excluding carboxylic acids is 1. The van der Waals surface area contributed by atoms with E-state index >= 15 is 0 Å². The Hall–Kier alpha value is -0.000519. The summed E-state index contributed by atoms with van der Waals surface area (Å²) in [5, 5.41) is 2.76. The Bertz CT molecular complexity index is 330. The first-order valence-corrected chi connectivity index (χ1v) is 7.04. The van der Waals surface area contributed by atoms with Gasteiger partial charge in [0.05, 0.1) is 0 Å². The minimum atomic E-state index is -0.435. The second kappa shape index (κ2) is 4.68. The zero-order valence-corrected chi connectivity index (χ0v) is 12.1. The molecule has 0 spiro atoms. The maximum atomic E-state index is 11.4. The van der Waals surface area contributed by atoms with Gasteiger partial charge in [-0.05, 0) is 0 Å². The van der Waals surface area contributed by atoms with Crippen LogP contribution in [0, 0.1) is 3.57 Å². The van der Waals surface area contributed by atoms with Gasteiger partial charge in [-0.1, -0.05) is 0 Å². The molecule has 78 valence electrons. The van der Waals surface area contributed by atoms with Gasteiger partial charge in [0.1, 0.15) is 0 Å². The quantitative estimate of drug-likeness (QED) is 0.608. The average molecular weight is 372 g/mol. The van der Waals surface area contributed by atoms with E-state index in [9.17, 15) is 4.79 Å². The number of amides is 1. The van der Waals surface area contributed by atoms with E-state index < -0.39 is 5.60 Å². The van der Waals surface area contributed by atoms with Gasteiger partial charge in [0, 0.05) is 0 Å². The number of hydrogen-bond acceptors (Lipinski definition) is 2. The molecule has 0 unspecified atom stereocenters. The second-order valence-corrected chi connectivity index (χ2v) is 6.81. The van der Waals surface area contributed by atoms with Gasteiger partial charge in [-0.25, -0.2) is 0 Å². The van der Waals surface area contributed by atoms with E-state index in [1.807, 2.05) is 26.8 Å². The van der Waals surface area contributed by atoms with Crippen molar-refractivity contribution in [3.05, 3.63) is 14.6 Å². The zero-order valence-electron chi connectivity index (χ0n) is 8.26. The van der Waals surface area contributed by atoms with E-state index in [2.05, 4.69) is 32.8 Å². The fraction of sp³-hybridized carbons (Fsp3) is 0.444. The van der Waals surface area contributed by atoms with Crippen molar-refractivity contribution in [2.45, 2.75) is 26.4 Å². The molecule has 0 atom stereocenters. The molecule has 0 aliphatic carbocycles. The van der Waals surface area contributed by atoms with Gasteiger partial charge in [-0.15, -0.1) is 0 Å². The number of nitrogens with one attached hydrogen (secondary N) is 1. The molecule has 1 heterocycles. The molecular formula is C9H12INO2Se. The molecule has 0 aliphatic rings. The molecule has 1 rings (SSSR count). The molecule has 1 aromatic heterocycles. The average Bonchev–Trinajstić information content (AvgIpc) is 2.32. The molecule has 5 heteroatoms. The molecule has 0 bridgehead atoms. The van der Waals surface area contributed by atoms with E-state index in [0.29, 0.717) is 0 Å². The van der Waals surface area contributed by atoms with Gasteiger partial charge in [-0.2, -0.15) is 0 Å². The fourth-order valence-electron chi connectivity index (χ4n) is 0.779. The van der Waals surface area contributed by atoms with Crippen LogP contribution in [0.5, 0.6) is 0 Å². The summed E-state index contributed by atoms with van der Waals surface area (Å²) in [6.45, 7) is 5.55. The molecule has 0 aliphatic heterocycles. The second-order valence-electron chi connectivity index (χ2n) is 3.72. The van der Waals surface area contributed by atoms with Gasteiger partial charge >= 0.3 is 104 Å². The Kier molecular flexibility index (Phi) is 4.03. The van der Waals surface area contributed by atoms with Crippen LogP contribution >= 0.6 is 22.6 Å². The van der Waals surface area contributed by atoms with Crippen LogP contribution in [0.2, 0.25) is 0 Å². The Morgan fingerprint density at radius 2 is 2.21 bits per heavy atom. The molecule has 0 saturated heterocycles. The van der Waals surface area contributed by atoms with Crippen LogP contribution in [0.4, 0.5) is 9.36 Å². The Morgan fingerprint density at radius 1 is 1.57 bits per heavy atom. The van der Waals surface area contributed by atoms with Crippen molar-refractivity contribution in [2.24, 2.45) is 0 Å². The third-order valence-corrected chi connectivity index (χ3v) is 4.69. The molecule has 0 aromatic carbocycles. The number of halogens is 1. The van der Waals surface area contributed by atoms with Crippen LogP contribution in [-0.4, -0.2) is 26.2 Å². The standard InChI is InChI=1S/C9H12INO2Se/c1-9(2,3)13-8(12)11-7-6(10)4-5-14-7/h4-5H,1-3H3,(H,11,12). The van der Waals surface area contributed by atoms with E-state index in [0.717, 1.165) is 8.13 Å². The normalized spacial score (nSPS) is 11.1. The molecule has 1 N–H and O–H groups in total. The summed E-state index contributed by atoms with van der Waals surface area (Å²) in [5.74, 6) is 0. The molecule has 14 heavy (non-hydrogen) atoms. The van der Waals surface area contributed by atoms with Crippen molar-refractivity contribution in [1.82, 2.24) is 0 Å². The van der Waals surface area contributed by atoms with Gasteiger partial charge in [0.25, 0.3) is 0 Å². The zero-order chi connectivity index (χ0) is 10.8. The number of rotatable bonds is 1. The predicted molar refractivity (Wildman–Crippen MR) is 66.0 cm³/mol. The first-order chi connectivity index (χ1) is 6.38. The number of carbonyl (C=O) groups is 1. The SMILES string of the molecule is CC(C)(C)OC(=O)Nc1[se]ccc1I. The fourth-order valence-corrected chi connectivity index (χ4v) is 3.69. The van der Waals surface area contributed by atoms with Crippen molar-refractivity contribution in [2.75, 3.05) is 5.32 Å². The molecule has 0 fully saturated rings. The van der Waals surface area contributed by atoms with Crippen molar-refractivity contribution in [3.63, 3.8) is 0 Å². The van der Waals surface area contributed by atoms with E-state index in [4.69, 9.17) is 4.74 Å². The maximum absolute atomic E-state index is 11.4. The van der Waals surface area contributed by atoms with Crippen LogP contribution in [0.15, 0.2) is 11.0 Å². The summed E-state index contributed by atoms with van der Waals surface area (Å²) < 4.78 is 7.21. The summed E-state index contributed by atoms with van der Waals surface area (Å²) in [5.41, 5.74) is -0.435. The monoisotopic (exact) mass is 373 g/mol. The van der Waals surface area contributed by atoms with Crippen molar-refractivity contribution in [1.29, 1.82) is 0 Å². The molecule has 3 nitrogen and oxygen atoms in total. The van der Waals surface area contributed by atoms with Crippen molar-refractivity contribution < 1.29 is 9.53 Å². The first kappa shape index (κ1) is 12.1. The molecule has 1 amide bonds. The predicted octanol–water partition coefficient (Wildman–Crippen LogP) is 2.70. The van der Waals surface area contributed by atoms with Crippen LogP contribution in [0.3, 0.4) is 0 Å². The Balaban J connectivity index is 2.54. The molecule has 1 aromatic rings. The van der Waals surface area contributed by atoms with Gasteiger partial charge in [-0.3, -0.25) is 0 Å². The van der Waals surface area contributed by atoms with Crippen molar-refractivity contribution >= 4 is 47.7 Å². The van der Waals surface area contributed by atoms with Crippen LogP contribution < -0.4 is 5.32 Å². The topological polar surface area (TPSA) is 38.3 Å². The molecule has 0 radical (unpaired) electrons. The van der Waals surface area contributed by atoms with Gasteiger partial charge < -0.3 is 0 Å². The van der Waals surface area contributed by atoms with E-state index in [1.165, 1.54) is 0 Å². The summed E-state index contributed by atoms with van der Waals surface area (Å²) in [6.07, 6.45) is -0.368.